The van der Waals surface area contributed by atoms with E-state index in [0.29, 0.717) is 19.8 Å². The maximum atomic E-state index is 13.4. The highest BCUT2D eigenvalue weighted by Gasteiger charge is 2.29. The topological polar surface area (TPSA) is 140 Å². The van der Waals surface area contributed by atoms with Crippen molar-refractivity contribution >= 4 is 24.9 Å². The summed E-state index contributed by atoms with van der Waals surface area (Å²) in [7, 11) is 0. The second kappa shape index (κ2) is 56.9. The number of carbonyl (C=O) groups excluding carboxylic acids is 2. The van der Waals surface area contributed by atoms with Gasteiger partial charge in [-0.05, 0) is 119 Å². The minimum absolute atomic E-state index is 0.0242. The summed E-state index contributed by atoms with van der Waals surface area (Å²) in [4.78, 5) is 45.8. The number of carbonyl (C=O) groups is 4. The monoisotopic (exact) mass is 1110 g/mol. The first-order valence-electron chi connectivity index (χ1n) is 33.5. The second-order valence-electron chi connectivity index (χ2n) is 24.0. The van der Waals surface area contributed by atoms with Gasteiger partial charge in [0.15, 0.2) is 0 Å². The minimum Gasteiger partial charge on any atom is -0.483 e. The molecular formula is C69H127NO9. The van der Waals surface area contributed by atoms with Gasteiger partial charge in [0, 0.05) is 12.5 Å². The highest BCUT2D eigenvalue weighted by molar-refractivity contribution is 5.73. The van der Waals surface area contributed by atoms with Gasteiger partial charge < -0.3 is 29.3 Å². The zero-order valence-corrected chi connectivity index (χ0v) is 52.6. The van der Waals surface area contributed by atoms with Gasteiger partial charge in [0.1, 0.15) is 0 Å². The van der Waals surface area contributed by atoms with Crippen LogP contribution in [0.4, 0.5) is 0 Å². The van der Waals surface area contributed by atoms with Crippen LogP contribution >= 0.6 is 0 Å². The van der Waals surface area contributed by atoms with Gasteiger partial charge in [-0.25, -0.2) is 0 Å². The Balaban J connectivity index is 0.00000247. The van der Waals surface area contributed by atoms with E-state index in [0.717, 1.165) is 114 Å². The van der Waals surface area contributed by atoms with Crippen molar-refractivity contribution in [2.75, 3.05) is 39.5 Å². The van der Waals surface area contributed by atoms with Gasteiger partial charge in [0.25, 0.3) is 12.9 Å². The van der Waals surface area contributed by atoms with Crippen molar-refractivity contribution in [3.63, 3.8) is 0 Å². The van der Waals surface area contributed by atoms with Crippen LogP contribution in [-0.2, 0) is 40.0 Å². The number of benzene rings is 1. The zero-order chi connectivity index (χ0) is 58.2. The van der Waals surface area contributed by atoms with Gasteiger partial charge in [-0.3, -0.25) is 19.2 Å². The molecule has 2 N–H and O–H groups in total. The van der Waals surface area contributed by atoms with E-state index >= 15 is 0 Å². The minimum atomic E-state index is -0.250. The van der Waals surface area contributed by atoms with Crippen LogP contribution < -0.4 is 0 Å². The summed E-state index contributed by atoms with van der Waals surface area (Å²) in [6.07, 6.45) is 48.9. The third-order valence-electron chi connectivity index (χ3n) is 17.0. The summed E-state index contributed by atoms with van der Waals surface area (Å²) >= 11 is 0. The molecule has 10 nitrogen and oxygen atoms in total. The molecular weight excluding hydrogens is 987 g/mol. The van der Waals surface area contributed by atoms with Crippen LogP contribution in [0.5, 0.6) is 0 Å². The van der Waals surface area contributed by atoms with Crippen LogP contribution in [0.3, 0.4) is 0 Å². The molecule has 4 aliphatic rings. The molecule has 0 heterocycles. The Morgan fingerprint density at radius 2 is 0.899 bits per heavy atom. The van der Waals surface area contributed by atoms with Crippen LogP contribution in [-0.4, -0.2) is 79.5 Å². The molecule has 4 saturated carbocycles. The first-order valence-corrected chi connectivity index (χ1v) is 33.5. The Morgan fingerprint density at radius 3 is 1.32 bits per heavy atom. The van der Waals surface area contributed by atoms with Crippen molar-refractivity contribution in [1.82, 2.24) is 4.90 Å². The molecule has 5 rings (SSSR count). The standard InChI is InChI=1S/C52H87NO5.3C5H12.2CH2O2/c1-2-3-8-19-43-30-32-50(33-31-43)52(55)58-42-48(41-57-51(54)49-28-15-7-16-29-49)27-18-35-53(36-37-56-40-46-24-13-6-14-25-46)34-17-26-47(38-44-20-9-4-10-21-44)39-45-22-11-5-12-23-45;3*1-3-5-4-2;2*2-1-3/h6,13-14,24-25,43-45,47-50H,2-5,7-12,15-23,26-42H2,1H3;3*3-5H2,1-2H3;2*1H,(H,2,3). The quantitative estimate of drug-likeness (QED) is 0.0397. The van der Waals surface area contributed by atoms with Crippen molar-refractivity contribution in [3.05, 3.63) is 35.9 Å². The molecule has 1 aromatic rings. The van der Waals surface area contributed by atoms with Crippen molar-refractivity contribution < 1.29 is 43.6 Å². The fourth-order valence-corrected chi connectivity index (χ4v) is 12.2. The lowest BCUT2D eigenvalue weighted by Crippen LogP contribution is -2.32. The summed E-state index contributed by atoms with van der Waals surface area (Å²) in [5.41, 5.74) is 1.22. The number of nitrogens with zero attached hydrogens (tertiary/aromatic N) is 1. The van der Waals surface area contributed by atoms with Crippen LogP contribution in [0.25, 0.3) is 0 Å². The lowest BCUT2D eigenvalue weighted by Gasteiger charge is -2.31. The largest absolute Gasteiger partial charge is 0.483 e. The summed E-state index contributed by atoms with van der Waals surface area (Å²) in [5.74, 6) is 3.59. The van der Waals surface area contributed by atoms with E-state index in [1.807, 2.05) is 0 Å². The number of hydrogen-bond acceptors (Lipinski definition) is 8. The molecule has 0 aliphatic heterocycles. The fourth-order valence-electron chi connectivity index (χ4n) is 12.2. The fraction of sp³-hybridized carbons (Fsp3) is 0.855. The Labute approximate surface area is 487 Å². The molecule has 0 radical (unpaired) electrons. The van der Waals surface area contributed by atoms with Gasteiger partial charge in [-0.2, -0.15) is 0 Å². The predicted octanol–water partition coefficient (Wildman–Crippen LogP) is 19.3. The normalized spacial score (nSPS) is 18.0. The van der Waals surface area contributed by atoms with E-state index in [2.05, 4.69) is 83.7 Å². The van der Waals surface area contributed by atoms with Gasteiger partial charge >= 0.3 is 11.9 Å². The van der Waals surface area contributed by atoms with Crippen LogP contribution in [0, 0.1) is 41.4 Å². The molecule has 1 atom stereocenters. The Morgan fingerprint density at radius 1 is 0.494 bits per heavy atom. The molecule has 0 aromatic heterocycles. The molecule has 1 unspecified atom stereocenters. The van der Waals surface area contributed by atoms with Crippen molar-refractivity contribution in [1.29, 1.82) is 0 Å². The van der Waals surface area contributed by atoms with E-state index in [1.165, 1.54) is 185 Å². The number of carboxylic acid groups (broad SMARTS) is 2. The van der Waals surface area contributed by atoms with Crippen molar-refractivity contribution in [2.45, 2.75) is 299 Å². The summed E-state index contributed by atoms with van der Waals surface area (Å²) in [5, 5.41) is 13.8. The maximum absolute atomic E-state index is 13.4. The van der Waals surface area contributed by atoms with Gasteiger partial charge in [-0.15, -0.1) is 0 Å². The summed E-state index contributed by atoms with van der Waals surface area (Å²) in [6.45, 7) is 20.2. The molecule has 4 fully saturated rings. The number of rotatable bonds is 33. The van der Waals surface area contributed by atoms with Crippen LogP contribution in [0.2, 0.25) is 0 Å². The maximum Gasteiger partial charge on any atom is 0.308 e. The molecule has 1 aromatic carbocycles. The molecule has 0 amide bonds. The van der Waals surface area contributed by atoms with Crippen LogP contribution in [0.1, 0.15) is 298 Å². The molecule has 0 bridgehead atoms. The number of ether oxygens (including phenoxy) is 3. The average Bonchev–Trinajstić information content (AvgIpc) is 3.47. The Kier molecular flexibility index (Phi) is 54.7. The van der Waals surface area contributed by atoms with Gasteiger partial charge in [0.2, 0.25) is 0 Å². The molecule has 0 spiro atoms. The van der Waals surface area contributed by atoms with Crippen molar-refractivity contribution in [2.24, 2.45) is 41.4 Å². The summed E-state index contributed by atoms with van der Waals surface area (Å²) in [6, 6.07) is 10.5. The highest BCUT2D eigenvalue weighted by Crippen LogP contribution is 2.37. The van der Waals surface area contributed by atoms with E-state index in [1.54, 1.807) is 0 Å². The second-order valence-corrected chi connectivity index (χ2v) is 24.0. The van der Waals surface area contributed by atoms with Crippen molar-refractivity contribution in [3.8, 4) is 0 Å². The zero-order valence-electron chi connectivity index (χ0n) is 52.6. The third kappa shape index (κ3) is 44.3. The lowest BCUT2D eigenvalue weighted by molar-refractivity contribution is -0.155. The number of esters is 2. The molecule has 4 aliphatic carbocycles. The van der Waals surface area contributed by atoms with E-state index in [4.69, 9.17) is 34.0 Å². The molecule has 10 heteroatoms. The summed E-state index contributed by atoms with van der Waals surface area (Å²) < 4.78 is 18.3. The third-order valence-corrected chi connectivity index (χ3v) is 17.0. The van der Waals surface area contributed by atoms with E-state index < -0.39 is 0 Å². The molecule has 79 heavy (non-hydrogen) atoms. The predicted molar refractivity (Wildman–Crippen MR) is 331 cm³/mol. The Hall–Kier alpha value is -2.98. The Bertz CT molecular complexity index is 1410. The number of unbranched alkanes of at least 4 members (excludes halogenated alkanes) is 8. The SMILES string of the molecule is CCCCC.CCCCC.CCCCC.CCCCCC1CCC(C(=O)OCC(CCCN(CCCC(CC2CCCCC2)CC2CCCCC2)CCOCc2ccccc2)COC(=O)C2CCCCC2)CC1.O=CO.O=CO. The van der Waals surface area contributed by atoms with Gasteiger partial charge in [0.05, 0.1) is 38.3 Å². The number of hydrogen-bond donors (Lipinski definition) is 2. The first kappa shape index (κ1) is 76.0. The van der Waals surface area contributed by atoms with E-state index in [-0.39, 0.29) is 42.6 Å². The molecule has 0 saturated heterocycles. The van der Waals surface area contributed by atoms with Crippen LogP contribution in [0.15, 0.2) is 30.3 Å². The van der Waals surface area contributed by atoms with Gasteiger partial charge in [-0.1, -0.05) is 246 Å². The van der Waals surface area contributed by atoms with E-state index in [9.17, 15) is 9.59 Å². The lowest BCUT2D eigenvalue weighted by atomic mass is 9.76. The average molecular weight is 1110 g/mol. The highest BCUT2D eigenvalue weighted by atomic mass is 16.5. The smallest absolute Gasteiger partial charge is 0.308 e. The molecule has 462 valence electrons. The first-order chi connectivity index (χ1) is 38.6.